The number of anilines is 1. The summed E-state index contributed by atoms with van der Waals surface area (Å²) in [4.78, 5) is 16.7. The topological polar surface area (TPSA) is 120 Å². The maximum atomic E-state index is 13.8. The van der Waals surface area contributed by atoms with Crippen LogP contribution in [0.1, 0.15) is 58.4 Å². The van der Waals surface area contributed by atoms with Gasteiger partial charge in [0.2, 0.25) is 11.5 Å². The summed E-state index contributed by atoms with van der Waals surface area (Å²) in [6, 6.07) is 1.51. The summed E-state index contributed by atoms with van der Waals surface area (Å²) in [5, 5.41) is 20.1. The largest absolute Gasteiger partial charge is 0.474 e. The van der Waals surface area contributed by atoms with Crippen molar-refractivity contribution in [1.29, 1.82) is 0 Å². The van der Waals surface area contributed by atoms with Crippen LogP contribution in [0.25, 0.3) is 11.6 Å². The molecular weight excluding hydrogens is 457 g/mol. The first kappa shape index (κ1) is 25.5. The fourth-order valence-corrected chi connectivity index (χ4v) is 3.18. The Bertz CT molecular complexity index is 1080. The number of fused-ring (bicyclic) bond motifs is 5. The van der Waals surface area contributed by atoms with Crippen molar-refractivity contribution in [2.45, 2.75) is 77.4 Å². The maximum absolute atomic E-state index is 13.8. The van der Waals surface area contributed by atoms with Gasteiger partial charge in [0.1, 0.15) is 11.7 Å². The number of carbonyl (C=O) groups is 1. The van der Waals surface area contributed by atoms with Crippen molar-refractivity contribution in [2.24, 2.45) is 0 Å². The van der Waals surface area contributed by atoms with Crippen molar-refractivity contribution in [2.75, 3.05) is 5.32 Å². The van der Waals surface area contributed by atoms with Gasteiger partial charge in [0.05, 0.1) is 5.69 Å². The molecule has 2 N–H and O–H groups in total. The van der Waals surface area contributed by atoms with Crippen LogP contribution in [0.5, 0.6) is 5.88 Å². The van der Waals surface area contributed by atoms with Crippen molar-refractivity contribution < 1.29 is 37.0 Å². The fraction of sp³-hybridized carbons (Fsp3) is 0.545. The highest BCUT2D eigenvalue weighted by Gasteiger charge is 2.58. The summed E-state index contributed by atoms with van der Waals surface area (Å²) in [7, 11) is 0. The molecule has 0 radical (unpaired) electrons. The fourth-order valence-electron chi connectivity index (χ4n) is 3.18. The van der Waals surface area contributed by atoms with E-state index in [0.29, 0.717) is 12.0 Å². The van der Waals surface area contributed by atoms with Crippen LogP contribution in [0.4, 0.5) is 23.7 Å². The molecule has 1 aliphatic heterocycles. The molecule has 3 rings (SSSR count). The summed E-state index contributed by atoms with van der Waals surface area (Å²) in [6.45, 7) is 8.50. The summed E-state index contributed by atoms with van der Waals surface area (Å²) < 4.78 is 57.8. The van der Waals surface area contributed by atoms with E-state index in [-0.39, 0.29) is 29.8 Å². The van der Waals surface area contributed by atoms with Crippen LogP contribution in [0, 0.1) is 6.92 Å². The second-order valence-electron chi connectivity index (χ2n) is 9.08. The second-order valence-corrected chi connectivity index (χ2v) is 9.08. The Labute approximate surface area is 194 Å². The zero-order valence-electron chi connectivity index (χ0n) is 19.5. The average molecular weight is 484 g/mol. The van der Waals surface area contributed by atoms with Gasteiger partial charge in [-0.3, -0.25) is 5.32 Å². The quantitative estimate of drug-likeness (QED) is 0.540. The number of amides is 1. The molecule has 0 aliphatic carbocycles. The lowest BCUT2D eigenvalue weighted by atomic mass is 9.96. The lowest BCUT2D eigenvalue weighted by molar-refractivity contribution is -0.276. The smallest absolute Gasteiger partial charge is 0.426 e. The number of alkyl halides is 3. The van der Waals surface area contributed by atoms with Gasteiger partial charge in [0.15, 0.2) is 5.69 Å². The number of aryl methyl sites for hydroxylation is 1. The Hall–Kier alpha value is -3.15. The summed E-state index contributed by atoms with van der Waals surface area (Å²) >= 11 is 0. The van der Waals surface area contributed by atoms with Crippen LogP contribution in [0.2, 0.25) is 0 Å². The molecule has 0 spiro atoms. The number of halogens is 3. The number of pyridine rings is 1. The number of aliphatic hydroxyl groups is 1. The SMILES string of the molecule is Cc1cc(NC(=O)OC(C)(C)C)c2nc1O[C@H](C)CC=CCC[C@](O)(C(F)(F)F)c1nnc-2o1. The van der Waals surface area contributed by atoms with E-state index in [0.717, 1.165) is 0 Å². The van der Waals surface area contributed by atoms with E-state index < -0.39 is 41.7 Å². The lowest BCUT2D eigenvalue weighted by Gasteiger charge is -2.26. The molecule has 1 amide bonds. The van der Waals surface area contributed by atoms with Crippen molar-refractivity contribution in [3.05, 3.63) is 29.7 Å². The monoisotopic (exact) mass is 484 g/mol. The van der Waals surface area contributed by atoms with E-state index in [1.807, 2.05) is 0 Å². The van der Waals surface area contributed by atoms with Gasteiger partial charge in [0, 0.05) is 12.0 Å². The molecule has 0 saturated heterocycles. The Balaban J connectivity index is 2.14. The van der Waals surface area contributed by atoms with Crippen LogP contribution in [-0.4, -0.2) is 44.3 Å². The zero-order valence-corrected chi connectivity index (χ0v) is 19.5. The van der Waals surface area contributed by atoms with Gasteiger partial charge in [-0.1, -0.05) is 12.2 Å². The Morgan fingerprint density at radius 1 is 1.26 bits per heavy atom. The minimum absolute atomic E-state index is 0.0597. The molecular formula is C22H27F3N4O5. The van der Waals surface area contributed by atoms with Gasteiger partial charge < -0.3 is 19.0 Å². The third kappa shape index (κ3) is 5.66. The molecule has 0 aromatic carbocycles. The standard InChI is InChI=1S/C22H27F3N4O5/c1-12-11-14(26-19(30)34-20(3,4)5)15-17-28-29-18(33-17)21(31,22(23,24)25)10-8-6-7-9-13(2)32-16(12)27-15/h6-7,11,13,31H,8-10H2,1-5H3,(H,26,30)/t13-,21-/m1/s1. The molecule has 34 heavy (non-hydrogen) atoms. The van der Waals surface area contributed by atoms with Crippen LogP contribution in [0.15, 0.2) is 22.6 Å². The van der Waals surface area contributed by atoms with E-state index in [4.69, 9.17) is 13.9 Å². The molecule has 2 atom stereocenters. The third-order valence-electron chi connectivity index (χ3n) is 4.87. The van der Waals surface area contributed by atoms with Crippen molar-refractivity contribution >= 4 is 11.8 Å². The van der Waals surface area contributed by atoms with Crippen molar-refractivity contribution in [3.63, 3.8) is 0 Å². The average Bonchev–Trinajstić information content (AvgIpc) is 3.17. The Morgan fingerprint density at radius 3 is 2.62 bits per heavy atom. The number of allylic oxidation sites excluding steroid dienone is 1. The Morgan fingerprint density at radius 2 is 1.97 bits per heavy atom. The van der Waals surface area contributed by atoms with Crippen molar-refractivity contribution in [1.82, 2.24) is 15.2 Å². The van der Waals surface area contributed by atoms with Gasteiger partial charge in [0.25, 0.3) is 11.8 Å². The van der Waals surface area contributed by atoms with E-state index in [1.54, 1.807) is 40.7 Å². The van der Waals surface area contributed by atoms with Gasteiger partial charge in [-0.15, -0.1) is 10.2 Å². The molecule has 4 bridgehead atoms. The minimum atomic E-state index is -5.07. The first-order chi connectivity index (χ1) is 15.7. The molecule has 0 unspecified atom stereocenters. The summed E-state index contributed by atoms with van der Waals surface area (Å²) in [5.41, 5.74) is -3.68. The van der Waals surface area contributed by atoms with Gasteiger partial charge in [-0.25, -0.2) is 9.78 Å². The van der Waals surface area contributed by atoms with Gasteiger partial charge in [-0.2, -0.15) is 13.2 Å². The number of nitrogens with one attached hydrogen (secondary N) is 1. The highest BCUT2D eigenvalue weighted by atomic mass is 19.4. The number of ether oxygens (including phenoxy) is 2. The molecule has 2 aromatic rings. The molecule has 2 aromatic heterocycles. The number of nitrogens with zero attached hydrogens (tertiary/aromatic N) is 3. The number of hydrogen-bond acceptors (Lipinski definition) is 8. The second kappa shape index (κ2) is 9.24. The molecule has 0 fully saturated rings. The van der Waals surface area contributed by atoms with E-state index in [2.05, 4.69) is 20.5 Å². The first-order valence-corrected chi connectivity index (χ1v) is 10.7. The predicted octanol–water partition coefficient (Wildman–Crippen LogP) is 5.04. The molecule has 1 aliphatic rings. The highest BCUT2D eigenvalue weighted by molar-refractivity contribution is 5.89. The Kier molecular flexibility index (Phi) is 6.92. The van der Waals surface area contributed by atoms with Crippen LogP contribution >= 0.6 is 0 Å². The first-order valence-electron chi connectivity index (χ1n) is 10.7. The molecule has 186 valence electrons. The van der Waals surface area contributed by atoms with Crippen LogP contribution < -0.4 is 10.1 Å². The molecule has 9 nitrogen and oxygen atoms in total. The molecule has 3 heterocycles. The van der Waals surface area contributed by atoms with Gasteiger partial charge in [-0.05, 0) is 53.5 Å². The van der Waals surface area contributed by atoms with Crippen LogP contribution in [0.3, 0.4) is 0 Å². The minimum Gasteiger partial charge on any atom is -0.474 e. The zero-order chi connectivity index (χ0) is 25.3. The number of hydrogen-bond donors (Lipinski definition) is 2. The van der Waals surface area contributed by atoms with Crippen molar-refractivity contribution in [3.8, 4) is 17.5 Å². The maximum Gasteiger partial charge on any atom is 0.426 e. The number of rotatable bonds is 1. The van der Waals surface area contributed by atoms with E-state index in [1.165, 1.54) is 12.1 Å². The molecule has 0 saturated carbocycles. The van der Waals surface area contributed by atoms with E-state index >= 15 is 0 Å². The highest BCUT2D eigenvalue weighted by Crippen LogP contribution is 2.43. The number of aromatic nitrogens is 3. The lowest BCUT2D eigenvalue weighted by Crippen LogP contribution is -2.42. The predicted molar refractivity (Wildman–Crippen MR) is 115 cm³/mol. The normalized spacial score (nSPS) is 21.4. The van der Waals surface area contributed by atoms with Gasteiger partial charge >= 0.3 is 12.3 Å². The summed E-state index contributed by atoms with van der Waals surface area (Å²) in [5.74, 6) is -1.29. The summed E-state index contributed by atoms with van der Waals surface area (Å²) in [6.07, 6.45) is -3.46. The third-order valence-corrected chi connectivity index (χ3v) is 4.87. The van der Waals surface area contributed by atoms with E-state index in [9.17, 15) is 23.1 Å². The molecule has 12 heteroatoms. The number of carbonyl (C=O) groups excluding carboxylic acids is 1. The van der Waals surface area contributed by atoms with Crippen LogP contribution in [-0.2, 0) is 10.3 Å².